The Hall–Kier alpha value is -4.83. The van der Waals surface area contributed by atoms with Gasteiger partial charge in [-0.25, -0.2) is 8.42 Å². The van der Waals surface area contributed by atoms with Crippen molar-refractivity contribution >= 4 is 27.5 Å². The van der Waals surface area contributed by atoms with Crippen molar-refractivity contribution in [3.8, 4) is 11.5 Å². The van der Waals surface area contributed by atoms with Crippen LogP contribution in [0.25, 0.3) is 0 Å². The lowest BCUT2D eigenvalue weighted by Crippen LogP contribution is -2.53. The van der Waals surface area contributed by atoms with Crippen LogP contribution in [0.15, 0.2) is 108 Å². The fourth-order valence-electron chi connectivity index (χ4n) is 5.04. The lowest BCUT2D eigenvalue weighted by molar-refractivity contribution is -0.140. The summed E-state index contributed by atoms with van der Waals surface area (Å²) in [5, 5.41) is 2.87. The standard InChI is InChI=1S/C35H39N3O6S/c1-5-36-35(40)32(23-27-13-8-6-9-14-27)37(24-28-15-12-16-29(22-28)43-3)34(39)25-38(31-21-26(2)19-20-33(31)44-4)45(41,42)30-17-10-7-11-18-30/h6-22,32H,5,23-25H2,1-4H3,(H,36,40). The quantitative estimate of drug-likeness (QED) is 0.211. The molecule has 0 heterocycles. The van der Waals surface area contributed by atoms with E-state index in [0.717, 1.165) is 21.0 Å². The molecule has 4 rings (SSSR count). The van der Waals surface area contributed by atoms with Crippen LogP contribution in [0.4, 0.5) is 5.69 Å². The van der Waals surface area contributed by atoms with Crippen LogP contribution in [0.5, 0.6) is 11.5 Å². The van der Waals surface area contributed by atoms with Gasteiger partial charge >= 0.3 is 0 Å². The summed E-state index contributed by atoms with van der Waals surface area (Å²) in [6.07, 6.45) is 0.224. The van der Waals surface area contributed by atoms with Gasteiger partial charge in [-0.1, -0.05) is 66.7 Å². The number of methoxy groups -OCH3 is 2. The first-order chi connectivity index (χ1) is 21.7. The van der Waals surface area contributed by atoms with Crippen LogP contribution in [0.2, 0.25) is 0 Å². The number of carbonyl (C=O) groups excluding carboxylic acids is 2. The van der Waals surface area contributed by atoms with Crippen molar-refractivity contribution in [3.63, 3.8) is 0 Å². The molecule has 0 aliphatic rings. The van der Waals surface area contributed by atoms with Crippen molar-refractivity contribution in [1.29, 1.82) is 0 Å². The van der Waals surface area contributed by atoms with E-state index in [9.17, 15) is 18.0 Å². The van der Waals surface area contributed by atoms with Gasteiger partial charge in [0.15, 0.2) is 0 Å². The Balaban J connectivity index is 1.84. The molecule has 9 nitrogen and oxygen atoms in total. The summed E-state index contributed by atoms with van der Waals surface area (Å²) in [6, 6.07) is 28.8. The zero-order valence-electron chi connectivity index (χ0n) is 26.0. The fourth-order valence-corrected chi connectivity index (χ4v) is 6.48. The monoisotopic (exact) mass is 629 g/mol. The van der Waals surface area contributed by atoms with E-state index < -0.39 is 28.5 Å². The van der Waals surface area contributed by atoms with Gasteiger partial charge in [0.25, 0.3) is 10.0 Å². The Morgan fingerprint density at radius 1 is 0.822 bits per heavy atom. The van der Waals surface area contributed by atoms with Gasteiger partial charge in [0.2, 0.25) is 11.8 Å². The Morgan fingerprint density at radius 3 is 2.13 bits per heavy atom. The first kappa shape index (κ1) is 33.1. The summed E-state index contributed by atoms with van der Waals surface area (Å²) < 4.78 is 40.5. The van der Waals surface area contributed by atoms with Gasteiger partial charge in [0.1, 0.15) is 24.1 Å². The van der Waals surface area contributed by atoms with Gasteiger partial charge in [0.05, 0.1) is 24.8 Å². The number of likely N-dealkylation sites (N-methyl/N-ethyl adjacent to an activating group) is 1. The number of hydrogen-bond donors (Lipinski definition) is 1. The van der Waals surface area contributed by atoms with Gasteiger partial charge in [-0.3, -0.25) is 13.9 Å². The highest BCUT2D eigenvalue weighted by Gasteiger charge is 2.35. The van der Waals surface area contributed by atoms with Crippen molar-refractivity contribution in [2.45, 2.75) is 37.8 Å². The Labute approximate surface area is 265 Å². The minimum atomic E-state index is -4.25. The number of aryl methyl sites for hydroxylation is 1. The summed E-state index contributed by atoms with van der Waals surface area (Å²) in [6.45, 7) is 3.46. The third kappa shape index (κ3) is 8.21. The summed E-state index contributed by atoms with van der Waals surface area (Å²) in [5.41, 5.74) is 2.57. The second-order valence-electron chi connectivity index (χ2n) is 10.5. The topological polar surface area (TPSA) is 105 Å². The molecule has 0 aliphatic carbocycles. The van der Waals surface area contributed by atoms with Crippen molar-refractivity contribution in [1.82, 2.24) is 10.2 Å². The van der Waals surface area contributed by atoms with Crippen LogP contribution in [-0.4, -0.2) is 58.5 Å². The van der Waals surface area contributed by atoms with Gasteiger partial charge in [-0.15, -0.1) is 0 Å². The number of carbonyl (C=O) groups is 2. The summed E-state index contributed by atoms with van der Waals surface area (Å²) in [7, 11) is -1.25. The first-order valence-electron chi connectivity index (χ1n) is 14.6. The highest BCUT2D eigenvalue weighted by Crippen LogP contribution is 2.34. The van der Waals surface area contributed by atoms with Crippen molar-refractivity contribution in [2.75, 3.05) is 31.6 Å². The predicted molar refractivity (Wildman–Crippen MR) is 175 cm³/mol. The lowest BCUT2D eigenvalue weighted by atomic mass is 10.0. The molecule has 1 atom stereocenters. The fraction of sp³-hybridized carbons (Fsp3) is 0.257. The molecule has 0 spiro atoms. The maximum absolute atomic E-state index is 14.6. The second-order valence-corrected chi connectivity index (χ2v) is 12.3. The van der Waals surface area contributed by atoms with Crippen LogP contribution in [0.3, 0.4) is 0 Å². The molecule has 236 valence electrons. The van der Waals surface area contributed by atoms with E-state index in [0.29, 0.717) is 12.3 Å². The Kier molecular flexibility index (Phi) is 11.2. The summed E-state index contributed by atoms with van der Waals surface area (Å²) in [4.78, 5) is 29.7. The van der Waals surface area contributed by atoms with Crippen LogP contribution in [-0.2, 0) is 32.6 Å². The molecule has 0 aliphatic heterocycles. The number of nitrogens with zero attached hydrogens (tertiary/aromatic N) is 2. The molecule has 10 heteroatoms. The van der Waals surface area contributed by atoms with E-state index in [1.54, 1.807) is 61.7 Å². The largest absolute Gasteiger partial charge is 0.497 e. The zero-order chi connectivity index (χ0) is 32.4. The molecular formula is C35H39N3O6S. The minimum absolute atomic E-state index is 0.0188. The maximum Gasteiger partial charge on any atom is 0.264 e. The van der Waals surface area contributed by atoms with Crippen molar-refractivity contribution < 1.29 is 27.5 Å². The van der Waals surface area contributed by atoms with Gasteiger partial charge < -0.3 is 19.7 Å². The molecule has 0 radical (unpaired) electrons. The number of benzene rings is 4. The summed E-state index contributed by atoms with van der Waals surface area (Å²) >= 11 is 0. The molecule has 0 saturated carbocycles. The first-order valence-corrected chi connectivity index (χ1v) is 16.1. The number of sulfonamides is 1. The van der Waals surface area contributed by atoms with E-state index in [4.69, 9.17) is 9.47 Å². The van der Waals surface area contributed by atoms with E-state index >= 15 is 0 Å². The van der Waals surface area contributed by atoms with Crippen LogP contribution < -0.4 is 19.1 Å². The number of ether oxygens (including phenoxy) is 2. The van der Waals surface area contributed by atoms with Crippen molar-refractivity contribution in [2.24, 2.45) is 0 Å². The second kappa shape index (κ2) is 15.3. The normalized spacial score (nSPS) is 11.7. The number of anilines is 1. The van der Waals surface area contributed by atoms with Crippen LogP contribution in [0, 0.1) is 6.92 Å². The van der Waals surface area contributed by atoms with E-state index in [1.165, 1.54) is 24.1 Å². The minimum Gasteiger partial charge on any atom is -0.497 e. The molecule has 0 aromatic heterocycles. The van der Waals surface area contributed by atoms with E-state index in [-0.39, 0.29) is 35.2 Å². The van der Waals surface area contributed by atoms with E-state index in [2.05, 4.69) is 5.32 Å². The highest BCUT2D eigenvalue weighted by atomic mass is 32.2. The number of hydrogen-bond acceptors (Lipinski definition) is 6. The van der Waals surface area contributed by atoms with Crippen molar-refractivity contribution in [3.05, 3.63) is 120 Å². The maximum atomic E-state index is 14.6. The smallest absolute Gasteiger partial charge is 0.264 e. The van der Waals surface area contributed by atoms with Crippen LogP contribution in [0.1, 0.15) is 23.6 Å². The molecule has 4 aromatic rings. The van der Waals surface area contributed by atoms with E-state index in [1.807, 2.05) is 50.2 Å². The Morgan fingerprint density at radius 2 is 1.49 bits per heavy atom. The van der Waals surface area contributed by atoms with Gasteiger partial charge in [0, 0.05) is 19.5 Å². The molecular weight excluding hydrogens is 590 g/mol. The summed E-state index contributed by atoms with van der Waals surface area (Å²) in [5.74, 6) is -0.0246. The molecule has 0 fully saturated rings. The van der Waals surface area contributed by atoms with Gasteiger partial charge in [-0.2, -0.15) is 0 Å². The number of amides is 2. The number of nitrogens with one attached hydrogen (secondary N) is 1. The molecule has 0 saturated heterocycles. The molecule has 2 amide bonds. The highest BCUT2D eigenvalue weighted by molar-refractivity contribution is 7.92. The molecule has 4 aromatic carbocycles. The third-order valence-electron chi connectivity index (χ3n) is 7.32. The molecule has 0 bridgehead atoms. The zero-order valence-corrected chi connectivity index (χ0v) is 26.8. The molecule has 1 N–H and O–H groups in total. The molecule has 45 heavy (non-hydrogen) atoms. The number of rotatable bonds is 14. The predicted octanol–water partition coefficient (Wildman–Crippen LogP) is 4.98. The SMILES string of the molecule is CCNC(=O)C(Cc1ccccc1)N(Cc1cccc(OC)c1)C(=O)CN(c1cc(C)ccc1OC)S(=O)(=O)c1ccccc1. The lowest BCUT2D eigenvalue weighted by Gasteiger charge is -2.34. The van der Waals surface area contributed by atoms with Crippen LogP contribution >= 0.6 is 0 Å². The average molecular weight is 630 g/mol. The van der Waals surface area contributed by atoms with Gasteiger partial charge in [-0.05, 0) is 66.9 Å². The molecule has 1 unspecified atom stereocenters. The average Bonchev–Trinajstić information content (AvgIpc) is 3.06. The third-order valence-corrected chi connectivity index (χ3v) is 9.10. The Bertz CT molecular complexity index is 1700.